The second-order valence-electron chi connectivity index (χ2n) is 9.68. The Labute approximate surface area is 200 Å². The number of fused-ring (bicyclic) bond motifs is 2. The normalized spacial score (nSPS) is 12.3. The molecule has 5 rings (SSSR count). The molecule has 3 heterocycles. The highest BCUT2D eigenvalue weighted by Crippen LogP contribution is 2.31. The van der Waals surface area contributed by atoms with E-state index in [1.165, 1.54) is 5.39 Å². The zero-order chi connectivity index (χ0) is 23.5. The van der Waals surface area contributed by atoms with Crippen molar-refractivity contribution in [3.05, 3.63) is 85.1 Å². The monoisotopic (exact) mass is 467 g/mol. The number of hydrogen-bond acceptors (Lipinski definition) is 4. The van der Waals surface area contributed by atoms with Crippen LogP contribution in [0.5, 0.6) is 0 Å². The number of benzene rings is 2. The number of pyridine rings is 1. The van der Waals surface area contributed by atoms with E-state index < -0.39 is 8.07 Å². The van der Waals surface area contributed by atoms with Gasteiger partial charge in [-0.2, -0.15) is 10.2 Å². The standard InChI is InChI=1S/C27H29N5OSi/c1-34(2,3)15-14-33-20-32-27-11-10-21(25-18-28-17-22-8-4-5-9-23(22)25)16-24(27)26(30-32)19-29-31-12-6-7-13-31/h4-13,16-19H,14-15,20H2,1-3H3. The van der Waals surface area contributed by atoms with Gasteiger partial charge >= 0.3 is 0 Å². The average Bonchev–Trinajstić information content (AvgIpc) is 3.47. The van der Waals surface area contributed by atoms with Crippen molar-refractivity contribution in [2.75, 3.05) is 6.61 Å². The summed E-state index contributed by atoms with van der Waals surface area (Å²) in [4.78, 5) is 4.47. The largest absolute Gasteiger partial charge is 0.360 e. The predicted octanol–water partition coefficient (Wildman–Crippen LogP) is 6.25. The molecule has 0 aliphatic rings. The molecule has 5 aromatic rings. The van der Waals surface area contributed by atoms with Gasteiger partial charge in [-0.25, -0.2) is 9.36 Å². The van der Waals surface area contributed by atoms with Crippen molar-refractivity contribution in [2.45, 2.75) is 32.4 Å². The average molecular weight is 468 g/mol. The molecule has 0 aliphatic carbocycles. The van der Waals surface area contributed by atoms with Crippen LogP contribution in [0.3, 0.4) is 0 Å². The van der Waals surface area contributed by atoms with E-state index in [1.807, 2.05) is 53.9 Å². The first-order valence-corrected chi connectivity index (χ1v) is 15.3. The predicted molar refractivity (Wildman–Crippen MR) is 142 cm³/mol. The van der Waals surface area contributed by atoms with Crippen LogP contribution in [0, 0.1) is 0 Å². The first-order valence-electron chi connectivity index (χ1n) is 11.6. The van der Waals surface area contributed by atoms with Gasteiger partial charge in [-0.1, -0.05) is 50.0 Å². The third-order valence-corrected chi connectivity index (χ3v) is 7.57. The molecule has 172 valence electrons. The van der Waals surface area contributed by atoms with Gasteiger partial charge in [0.1, 0.15) is 12.4 Å². The number of rotatable bonds is 8. The molecule has 34 heavy (non-hydrogen) atoms. The number of ether oxygens (including phenoxy) is 1. The Morgan fingerprint density at radius 3 is 2.62 bits per heavy atom. The molecule has 0 aliphatic heterocycles. The quantitative estimate of drug-likeness (QED) is 0.154. The molecule has 0 N–H and O–H groups in total. The summed E-state index contributed by atoms with van der Waals surface area (Å²) in [7, 11) is -1.14. The van der Waals surface area contributed by atoms with Gasteiger partial charge in [0.05, 0.1) is 11.7 Å². The summed E-state index contributed by atoms with van der Waals surface area (Å²) in [6, 6.07) is 19.8. The Bertz CT molecular complexity index is 1440. The van der Waals surface area contributed by atoms with Crippen LogP contribution >= 0.6 is 0 Å². The third kappa shape index (κ3) is 4.85. The number of nitrogens with zero attached hydrogens (tertiary/aromatic N) is 5. The van der Waals surface area contributed by atoms with E-state index in [0.29, 0.717) is 6.73 Å². The summed E-state index contributed by atoms with van der Waals surface area (Å²) in [6.07, 6.45) is 9.46. The first-order chi connectivity index (χ1) is 16.5. The number of aromatic nitrogens is 4. The van der Waals surface area contributed by atoms with Crippen LogP contribution in [0.15, 0.2) is 84.5 Å². The lowest BCUT2D eigenvalue weighted by Crippen LogP contribution is -2.22. The summed E-state index contributed by atoms with van der Waals surface area (Å²) in [5, 5.41) is 12.7. The maximum absolute atomic E-state index is 6.02. The van der Waals surface area contributed by atoms with Gasteiger partial charge in [-0.15, -0.1) is 0 Å². The van der Waals surface area contributed by atoms with E-state index in [4.69, 9.17) is 9.84 Å². The summed E-state index contributed by atoms with van der Waals surface area (Å²) in [5.74, 6) is 0. The van der Waals surface area contributed by atoms with Gasteiger partial charge in [-0.3, -0.25) is 4.98 Å². The summed E-state index contributed by atoms with van der Waals surface area (Å²) >= 11 is 0. The molecule has 6 nitrogen and oxygen atoms in total. The fourth-order valence-electron chi connectivity index (χ4n) is 3.97. The van der Waals surface area contributed by atoms with Gasteiger partial charge in [0.25, 0.3) is 0 Å². The zero-order valence-corrected chi connectivity index (χ0v) is 20.8. The molecule has 0 spiro atoms. The Morgan fingerprint density at radius 1 is 0.971 bits per heavy atom. The van der Waals surface area contributed by atoms with Crippen molar-refractivity contribution in [2.24, 2.45) is 5.10 Å². The van der Waals surface area contributed by atoms with E-state index in [9.17, 15) is 0 Å². The fraction of sp³-hybridized carbons (Fsp3) is 0.222. The Hall–Kier alpha value is -3.55. The van der Waals surface area contributed by atoms with Crippen molar-refractivity contribution in [3.63, 3.8) is 0 Å². The molecule has 0 amide bonds. The molecule has 0 atom stereocenters. The van der Waals surface area contributed by atoms with Gasteiger partial charge in [0.2, 0.25) is 0 Å². The van der Waals surface area contributed by atoms with Crippen LogP contribution in [-0.2, 0) is 11.5 Å². The molecular formula is C27H29N5OSi. The van der Waals surface area contributed by atoms with E-state index in [1.54, 1.807) is 4.68 Å². The van der Waals surface area contributed by atoms with Crippen LogP contribution in [0.25, 0.3) is 32.8 Å². The van der Waals surface area contributed by atoms with Crippen molar-refractivity contribution in [1.29, 1.82) is 0 Å². The molecule has 0 saturated carbocycles. The summed E-state index contributed by atoms with van der Waals surface area (Å²) < 4.78 is 9.72. The topological polar surface area (TPSA) is 57.2 Å². The zero-order valence-electron chi connectivity index (χ0n) is 19.8. The van der Waals surface area contributed by atoms with Gasteiger partial charge < -0.3 is 4.74 Å². The Kier molecular flexibility index (Phi) is 6.13. The van der Waals surface area contributed by atoms with Crippen LogP contribution in [-0.4, -0.2) is 40.3 Å². The second-order valence-corrected chi connectivity index (χ2v) is 15.3. The van der Waals surface area contributed by atoms with Crippen molar-refractivity contribution in [3.8, 4) is 11.1 Å². The van der Waals surface area contributed by atoms with Crippen LogP contribution in [0.2, 0.25) is 25.7 Å². The van der Waals surface area contributed by atoms with Gasteiger partial charge in [0.15, 0.2) is 0 Å². The Morgan fingerprint density at radius 2 is 1.79 bits per heavy atom. The maximum Gasteiger partial charge on any atom is 0.140 e. The molecule has 3 aromatic heterocycles. The molecule has 0 radical (unpaired) electrons. The minimum Gasteiger partial charge on any atom is -0.360 e. The lowest BCUT2D eigenvalue weighted by Gasteiger charge is -2.15. The van der Waals surface area contributed by atoms with Gasteiger partial charge in [0, 0.05) is 55.8 Å². The van der Waals surface area contributed by atoms with E-state index in [2.05, 4.69) is 66.1 Å². The molecule has 0 fully saturated rings. The lowest BCUT2D eigenvalue weighted by molar-refractivity contribution is 0.0816. The minimum atomic E-state index is -1.14. The van der Waals surface area contributed by atoms with Crippen LogP contribution < -0.4 is 0 Å². The van der Waals surface area contributed by atoms with Crippen molar-refractivity contribution >= 4 is 36.0 Å². The van der Waals surface area contributed by atoms with E-state index >= 15 is 0 Å². The van der Waals surface area contributed by atoms with E-state index in [-0.39, 0.29) is 0 Å². The highest BCUT2D eigenvalue weighted by molar-refractivity contribution is 6.76. The van der Waals surface area contributed by atoms with Crippen molar-refractivity contribution in [1.82, 2.24) is 19.4 Å². The lowest BCUT2D eigenvalue weighted by atomic mass is 9.99. The third-order valence-electron chi connectivity index (χ3n) is 5.87. The molecule has 7 heteroatoms. The van der Waals surface area contributed by atoms with Crippen LogP contribution in [0.1, 0.15) is 5.69 Å². The Balaban J connectivity index is 1.54. The maximum atomic E-state index is 6.02. The smallest absolute Gasteiger partial charge is 0.140 e. The summed E-state index contributed by atoms with van der Waals surface area (Å²) in [5.41, 5.74) is 4.05. The summed E-state index contributed by atoms with van der Waals surface area (Å²) in [6.45, 7) is 8.26. The molecule has 0 saturated heterocycles. The molecule has 0 unspecified atom stereocenters. The highest BCUT2D eigenvalue weighted by atomic mass is 28.3. The van der Waals surface area contributed by atoms with Gasteiger partial charge in [-0.05, 0) is 41.3 Å². The first kappa shape index (κ1) is 22.2. The SMILES string of the molecule is C[Si](C)(C)CCOCn1nc(C=Nn2cccc2)c2cc(-c3cncc4ccccc34)ccc21. The molecule has 0 bridgehead atoms. The molecular weight excluding hydrogens is 438 g/mol. The number of hydrogen-bond donors (Lipinski definition) is 0. The second kappa shape index (κ2) is 9.36. The van der Waals surface area contributed by atoms with E-state index in [0.717, 1.165) is 45.8 Å². The highest BCUT2D eigenvalue weighted by Gasteiger charge is 2.15. The molecule has 2 aromatic carbocycles. The minimum absolute atomic E-state index is 0.424. The fourth-order valence-corrected chi connectivity index (χ4v) is 4.72. The van der Waals surface area contributed by atoms with Crippen LogP contribution in [0.4, 0.5) is 0 Å². The van der Waals surface area contributed by atoms with Crippen molar-refractivity contribution < 1.29 is 4.74 Å².